The van der Waals surface area contributed by atoms with Crippen molar-refractivity contribution in [3.8, 4) is 39.5 Å². The summed E-state index contributed by atoms with van der Waals surface area (Å²) in [5, 5.41) is 2.41. The minimum absolute atomic E-state index is 0.0301. The molecule has 1 aliphatic carbocycles. The van der Waals surface area contributed by atoms with Crippen LogP contribution >= 0.6 is 0 Å². The van der Waals surface area contributed by atoms with E-state index in [-0.39, 0.29) is 12.0 Å². The fraction of sp³-hybridized carbons (Fsp3) is 0.0435. The SMILES string of the molecule is C1=CC2c3ccccc3-c3ccccc3N(c3cc(-c4ccc5c(c4)c4ccccc4n5-c4ccccc4)nc(-c4ccccc4)n3)C2C=C1. The molecule has 2 unspecified atom stereocenters. The van der Waals surface area contributed by atoms with E-state index < -0.39 is 0 Å². The number of para-hydroxylation sites is 3. The van der Waals surface area contributed by atoms with Crippen molar-refractivity contribution >= 4 is 33.3 Å². The number of fused-ring (bicyclic) bond motifs is 8. The van der Waals surface area contributed by atoms with E-state index in [1.165, 1.54) is 38.5 Å². The zero-order valence-electron chi connectivity index (χ0n) is 27.3. The molecule has 6 aromatic carbocycles. The summed E-state index contributed by atoms with van der Waals surface area (Å²) in [4.78, 5) is 13.1. The van der Waals surface area contributed by atoms with Gasteiger partial charge in [0.2, 0.25) is 0 Å². The van der Waals surface area contributed by atoms with Crippen molar-refractivity contribution in [2.24, 2.45) is 0 Å². The summed E-state index contributed by atoms with van der Waals surface area (Å²) in [5.41, 5.74) is 11.3. The maximum absolute atomic E-state index is 5.36. The fourth-order valence-corrected chi connectivity index (χ4v) is 7.92. The molecule has 2 aliphatic rings. The minimum atomic E-state index is 0.0301. The highest BCUT2D eigenvalue weighted by atomic mass is 15.2. The highest BCUT2D eigenvalue weighted by Crippen LogP contribution is 2.48. The lowest BCUT2D eigenvalue weighted by atomic mass is 9.85. The van der Waals surface area contributed by atoms with E-state index in [1.807, 2.05) is 6.07 Å². The van der Waals surface area contributed by atoms with Gasteiger partial charge < -0.3 is 9.47 Å². The van der Waals surface area contributed by atoms with Gasteiger partial charge in [-0.05, 0) is 47.5 Å². The molecule has 0 fully saturated rings. The molecule has 50 heavy (non-hydrogen) atoms. The maximum Gasteiger partial charge on any atom is 0.162 e. The Morgan fingerprint density at radius 3 is 2.08 bits per heavy atom. The van der Waals surface area contributed by atoms with Crippen molar-refractivity contribution in [3.63, 3.8) is 0 Å². The number of hydrogen-bond acceptors (Lipinski definition) is 3. The molecule has 3 heterocycles. The summed E-state index contributed by atoms with van der Waals surface area (Å²) >= 11 is 0. The normalized spacial score (nSPS) is 16.2. The molecule has 0 radical (unpaired) electrons. The number of nitrogens with zero attached hydrogens (tertiary/aromatic N) is 4. The third-order valence-corrected chi connectivity index (χ3v) is 10.2. The number of anilines is 2. The summed E-state index contributed by atoms with van der Waals surface area (Å²) in [5.74, 6) is 1.73. The van der Waals surface area contributed by atoms with E-state index in [0.717, 1.165) is 34.0 Å². The summed E-state index contributed by atoms with van der Waals surface area (Å²) in [6, 6.07) is 56.1. The van der Waals surface area contributed by atoms with Crippen LogP contribution in [-0.4, -0.2) is 20.6 Å². The predicted molar refractivity (Wildman–Crippen MR) is 206 cm³/mol. The average molecular weight is 641 g/mol. The topological polar surface area (TPSA) is 34.0 Å². The molecule has 4 heteroatoms. The molecule has 4 nitrogen and oxygen atoms in total. The molecule has 10 rings (SSSR count). The fourth-order valence-electron chi connectivity index (χ4n) is 7.92. The van der Waals surface area contributed by atoms with Crippen LogP contribution in [0.5, 0.6) is 0 Å². The molecule has 1 aliphatic heterocycles. The van der Waals surface area contributed by atoms with E-state index in [0.29, 0.717) is 5.82 Å². The van der Waals surface area contributed by atoms with E-state index in [1.54, 1.807) is 0 Å². The molecule has 2 aromatic heterocycles. The predicted octanol–water partition coefficient (Wildman–Crippen LogP) is 11.3. The van der Waals surface area contributed by atoms with Gasteiger partial charge in [0, 0.05) is 45.1 Å². The van der Waals surface area contributed by atoms with Gasteiger partial charge in [0.05, 0.1) is 28.5 Å². The van der Waals surface area contributed by atoms with E-state index in [4.69, 9.17) is 9.97 Å². The van der Waals surface area contributed by atoms with Gasteiger partial charge in [-0.3, -0.25) is 0 Å². The molecule has 236 valence electrons. The average Bonchev–Trinajstić information content (AvgIpc) is 3.46. The summed E-state index contributed by atoms with van der Waals surface area (Å²) < 4.78 is 2.35. The molecule has 0 spiro atoms. The zero-order chi connectivity index (χ0) is 33.0. The van der Waals surface area contributed by atoms with Crippen LogP contribution in [0.25, 0.3) is 61.3 Å². The highest BCUT2D eigenvalue weighted by Gasteiger charge is 2.35. The first-order valence-electron chi connectivity index (χ1n) is 17.2. The zero-order valence-corrected chi connectivity index (χ0v) is 27.3. The van der Waals surface area contributed by atoms with E-state index in [2.05, 4.69) is 185 Å². The maximum atomic E-state index is 5.36. The van der Waals surface area contributed by atoms with E-state index in [9.17, 15) is 0 Å². The summed E-state index contributed by atoms with van der Waals surface area (Å²) in [7, 11) is 0. The Hall–Kier alpha value is -6.52. The molecular formula is C46H32N4. The Balaban J connectivity index is 1.21. The van der Waals surface area contributed by atoms with Crippen LogP contribution in [0.15, 0.2) is 182 Å². The second-order valence-electron chi connectivity index (χ2n) is 13.0. The van der Waals surface area contributed by atoms with Crippen LogP contribution in [-0.2, 0) is 0 Å². The molecule has 0 N–H and O–H groups in total. The molecule has 0 saturated heterocycles. The van der Waals surface area contributed by atoms with Gasteiger partial charge in [-0.25, -0.2) is 9.97 Å². The first-order chi connectivity index (χ1) is 24.8. The molecule has 0 amide bonds. The smallest absolute Gasteiger partial charge is 0.162 e. The second kappa shape index (κ2) is 11.6. The molecule has 0 bridgehead atoms. The Bertz CT molecular complexity index is 2620. The number of benzene rings is 6. The Labute approximate surface area is 290 Å². The van der Waals surface area contributed by atoms with Gasteiger partial charge in [-0.1, -0.05) is 140 Å². The minimum Gasteiger partial charge on any atom is -0.318 e. The third kappa shape index (κ3) is 4.53. The summed E-state index contributed by atoms with van der Waals surface area (Å²) in [6.07, 6.45) is 8.99. The Morgan fingerprint density at radius 1 is 0.500 bits per heavy atom. The van der Waals surface area contributed by atoms with Gasteiger partial charge in [0.25, 0.3) is 0 Å². The summed E-state index contributed by atoms with van der Waals surface area (Å²) in [6.45, 7) is 0. The largest absolute Gasteiger partial charge is 0.318 e. The van der Waals surface area contributed by atoms with Crippen molar-refractivity contribution < 1.29 is 0 Å². The van der Waals surface area contributed by atoms with Crippen molar-refractivity contribution in [2.45, 2.75) is 12.0 Å². The van der Waals surface area contributed by atoms with Crippen LogP contribution in [0.2, 0.25) is 0 Å². The molecule has 2 atom stereocenters. The van der Waals surface area contributed by atoms with Crippen molar-refractivity contribution in [2.75, 3.05) is 4.90 Å². The highest BCUT2D eigenvalue weighted by molar-refractivity contribution is 6.10. The molecular weight excluding hydrogens is 609 g/mol. The third-order valence-electron chi connectivity index (χ3n) is 10.2. The molecule has 0 saturated carbocycles. The number of hydrogen-bond donors (Lipinski definition) is 0. The second-order valence-corrected chi connectivity index (χ2v) is 13.0. The number of aromatic nitrogens is 3. The first-order valence-corrected chi connectivity index (χ1v) is 17.2. The number of allylic oxidation sites excluding steroid dienone is 2. The van der Waals surface area contributed by atoms with Crippen LogP contribution < -0.4 is 4.90 Å². The lowest BCUT2D eigenvalue weighted by Crippen LogP contribution is -2.35. The van der Waals surface area contributed by atoms with Gasteiger partial charge in [0.1, 0.15) is 5.82 Å². The van der Waals surface area contributed by atoms with Crippen molar-refractivity contribution in [3.05, 3.63) is 188 Å². The van der Waals surface area contributed by atoms with Crippen molar-refractivity contribution in [1.29, 1.82) is 0 Å². The van der Waals surface area contributed by atoms with Crippen LogP contribution in [0.3, 0.4) is 0 Å². The van der Waals surface area contributed by atoms with Crippen LogP contribution in [0, 0.1) is 0 Å². The number of rotatable bonds is 4. The lowest BCUT2D eigenvalue weighted by molar-refractivity contribution is 0.691. The van der Waals surface area contributed by atoms with Gasteiger partial charge >= 0.3 is 0 Å². The van der Waals surface area contributed by atoms with E-state index >= 15 is 0 Å². The standard InChI is InChI=1S/C46H32N4/c1-3-15-31(16-4-1)46-47-40(32-27-28-44-39(29-32)38-23-11-12-24-41(38)49(44)33-17-5-2-6-18-33)30-45(48-46)50-42-25-13-9-21-36(42)34-19-7-8-20-35(34)37-22-10-14-26-43(37)50/h1-30,36,42H. The lowest BCUT2D eigenvalue weighted by Gasteiger charge is -2.35. The monoisotopic (exact) mass is 640 g/mol. The quantitative estimate of drug-likeness (QED) is 0.192. The molecule has 8 aromatic rings. The van der Waals surface area contributed by atoms with Gasteiger partial charge in [-0.2, -0.15) is 0 Å². The Morgan fingerprint density at radius 2 is 1.20 bits per heavy atom. The Kier molecular flexibility index (Phi) is 6.59. The van der Waals surface area contributed by atoms with Crippen LogP contribution in [0.1, 0.15) is 11.5 Å². The van der Waals surface area contributed by atoms with Crippen molar-refractivity contribution in [1.82, 2.24) is 14.5 Å². The van der Waals surface area contributed by atoms with Gasteiger partial charge in [0.15, 0.2) is 5.82 Å². The van der Waals surface area contributed by atoms with Gasteiger partial charge in [-0.15, -0.1) is 0 Å². The first kappa shape index (κ1) is 28.5. The van der Waals surface area contributed by atoms with Crippen LogP contribution in [0.4, 0.5) is 11.5 Å².